The molecule has 1 aromatic rings. The Balaban J connectivity index is 1.93. The highest BCUT2D eigenvalue weighted by Gasteiger charge is 2.41. The monoisotopic (exact) mass is 323 g/mol. The summed E-state index contributed by atoms with van der Waals surface area (Å²) in [5.41, 5.74) is 0.222. The smallest absolute Gasteiger partial charge is 0.331 e. The van der Waals surface area contributed by atoms with Gasteiger partial charge in [0.05, 0.1) is 7.11 Å². The molecule has 0 unspecified atom stereocenters. The Hall–Kier alpha value is -1.55. The summed E-state index contributed by atoms with van der Waals surface area (Å²) in [4.78, 5) is 24.3. The SMILES string of the molecule is COC(=O)C1(NC(=O)CCc2ccc(Cl)cc2)CCCCC1. The predicted octanol–water partition coefficient (Wildman–Crippen LogP) is 3.26. The van der Waals surface area contributed by atoms with Gasteiger partial charge < -0.3 is 10.1 Å². The third-order valence-corrected chi connectivity index (χ3v) is 4.47. The Morgan fingerprint density at radius 2 is 1.82 bits per heavy atom. The van der Waals surface area contributed by atoms with E-state index in [4.69, 9.17) is 16.3 Å². The van der Waals surface area contributed by atoms with Crippen molar-refractivity contribution < 1.29 is 14.3 Å². The van der Waals surface area contributed by atoms with Gasteiger partial charge in [-0.05, 0) is 37.0 Å². The van der Waals surface area contributed by atoms with Gasteiger partial charge in [0, 0.05) is 11.4 Å². The van der Waals surface area contributed by atoms with Crippen LogP contribution in [0.4, 0.5) is 0 Å². The number of carbonyl (C=O) groups is 2. The van der Waals surface area contributed by atoms with Gasteiger partial charge in [-0.15, -0.1) is 0 Å². The fourth-order valence-corrected chi connectivity index (χ4v) is 3.10. The molecule has 120 valence electrons. The molecule has 0 aliphatic heterocycles. The van der Waals surface area contributed by atoms with Crippen molar-refractivity contribution in [3.63, 3.8) is 0 Å². The molecule has 1 fully saturated rings. The highest BCUT2D eigenvalue weighted by molar-refractivity contribution is 6.30. The molecule has 1 saturated carbocycles. The van der Waals surface area contributed by atoms with Crippen molar-refractivity contribution in [2.24, 2.45) is 0 Å². The molecule has 1 aliphatic carbocycles. The zero-order valence-corrected chi connectivity index (χ0v) is 13.6. The summed E-state index contributed by atoms with van der Waals surface area (Å²) in [6.07, 6.45) is 5.26. The summed E-state index contributed by atoms with van der Waals surface area (Å²) < 4.78 is 4.90. The topological polar surface area (TPSA) is 55.4 Å². The van der Waals surface area contributed by atoms with Crippen molar-refractivity contribution in [3.8, 4) is 0 Å². The van der Waals surface area contributed by atoms with Gasteiger partial charge in [-0.25, -0.2) is 4.79 Å². The maximum absolute atomic E-state index is 12.2. The molecule has 0 aromatic heterocycles. The normalized spacial score (nSPS) is 16.8. The third-order valence-electron chi connectivity index (χ3n) is 4.22. The first-order chi connectivity index (χ1) is 10.6. The summed E-state index contributed by atoms with van der Waals surface area (Å²) in [6, 6.07) is 7.44. The summed E-state index contributed by atoms with van der Waals surface area (Å²) >= 11 is 5.84. The van der Waals surface area contributed by atoms with Crippen molar-refractivity contribution >= 4 is 23.5 Å². The van der Waals surface area contributed by atoms with Gasteiger partial charge in [-0.2, -0.15) is 0 Å². The van der Waals surface area contributed by atoms with Gasteiger partial charge >= 0.3 is 5.97 Å². The first kappa shape index (κ1) is 16.8. The van der Waals surface area contributed by atoms with Gasteiger partial charge in [-0.3, -0.25) is 4.79 Å². The molecule has 1 aliphatic rings. The third kappa shape index (κ3) is 4.23. The Morgan fingerprint density at radius 3 is 2.41 bits per heavy atom. The number of hydrogen-bond donors (Lipinski definition) is 1. The van der Waals surface area contributed by atoms with Crippen molar-refractivity contribution in [1.82, 2.24) is 5.32 Å². The Bertz CT molecular complexity index is 521. The van der Waals surface area contributed by atoms with E-state index in [0.717, 1.165) is 24.8 Å². The highest BCUT2D eigenvalue weighted by atomic mass is 35.5. The zero-order valence-electron chi connectivity index (χ0n) is 12.9. The number of aryl methyl sites for hydroxylation is 1. The molecule has 0 spiro atoms. The van der Waals surface area contributed by atoms with Crippen LogP contribution in [0.2, 0.25) is 5.02 Å². The van der Waals surface area contributed by atoms with Crippen molar-refractivity contribution in [1.29, 1.82) is 0 Å². The van der Waals surface area contributed by atoms with Crippen molar-refractivity contribution in [2.75, 3.05) is 7.11 Å². The van der Waals surface area contributed by atoms with Crippen LogP contribution in [0.1, 0.15) is 44.1 Å². The number of carbonyl (C=O) groups excluding carboxylic acids is 2. The van der Waals surface area contributed by atoms with Crippen LogP contribution in [-0.4, -0.2) is 24.5 Å². The lowest BCUT2D eigenvalue weighted by molar-refractivity contribution is -0.152. The average Bonchev–Trinajstić information content (AvgIpc) is 2.54. The molecule has 0 atom stereocenters. The van der Waals surface area contributed by atoms with E-state index < -0.39 is 5.54 Å². The van der Waals surface area contributed by atoms with Gasteiger partial charge in [0.25, 0.3) is 0 Å². The number of halogens is 1. The molecule has 5 heteroatoms. The summed E-state index contributed by atoms with van der Waals surface area (Å²) in [7, 11) is 1.37. The highest BCUT2D eigenvalue weighted by Crippen LogP contribution is 2.29. The lowest BCUT2D eigenvalue weighted by Gasteiger charge is -2.35. The fraction of sp³-hybridized carbons (Fsp3) is 0.529. The van der Waals surface area contributed by atoms with Crippen LogP contribution in [-0.2, 0) is 20.7 Å². The molecule has 4 nitrogen and oxygen atoms in total. The Morgan fingerprint density at radius 1 is 1.18 bits per heavy atom. The predicted molar refractivity (Wildman–Crippen MR) is 85.7 cm³/mol. The first-order valence-corrected chi connectivity index (χ1v) is 8.07. The van der Waals surface area contributed by atoms with Gasteiger partial charge in [-0.1, -0.05) is 43.0 Å². The molecule has 1 aromatic carbocycles. The lowest BCUT2D eigenvalue weighted by atomic mass is 9.81. The number of ether oxygens (including phenoxy) is 1. The first-order valence-electron chi connectivity index (χ1n) is 7.70. The van der Waals surface area contributed by atoms with Crippen molar-refractivity contribution in [2.45, 2.75) is 50.5 Å². The van der Waals surface area contributed by atoms with E-state index in [2.05, 4.69) is 5.32 Å². The second-order valence-electron chi connectivity index (χ2n) is 5.81. The van der Waals surface area contributed by atoms with E-state index >= 15 is 0 Å². The van der Waals surface area contributed by atoms with Crippen LogP contribution in [0.15, 0.2) is 24.3 Å². The Kier molecular flexibility index (Phi) is 5.83. The maximum Gasteiger partial charge on any atom is 0.331 e. The van der Waals surface area contributed by atoms with Crippen LogP contribution in [0, 0.1) is 0 Å². The number of esters is 1. The van der Waals surface area contributed by atoms with E-state index in [1.54, 1.807) is 0 Å². The van der Waals surface area contributed by atoms with Gasteiger partial charge in [0.2, 0.25) is 5.91 Å². The van der Waals surface area contributed by atoms with Crippen LogP contribution in [0.5, 0.6) is 0 Å². The molecule has 2 rings (SSSR count). The molecule has 0 bridgehead atoms. The minimum absolute atomic E-state index is 0.109. The van der Waals surface area contributed by atoms with Crippen LogP contribution >= 0.6 is 11.6 Å². The van der Waals surface area contributed by atoms with E-state index in [1.807, 2.05) is 24.3 Å². The molecule has 22 heavy (non-hydrogen) atoms. The quantitative estimate of drug-likeness (QED) is 0.846. The number of nitrogens with one attached hydrogen (secondary N) is 1. The largest absolute Gasteiger partial charge is 0.467 e. The molecule has 1 N–H and O–H groups in total. The molecular formula is C17H22ClNO3. The standard InChI is InChI=1S/C17H22ClNO3/c1-22-16(21)17(11-3-2-4-12-17)19-15(20)10-7-13-5-8-14(18)9-6-13/h5-6,8-9H,2-4,7,10-12H2,1H3,(H,19,20). The second kappa shape index (κ2) is 7.63. The molecule has 1 amide bonds. The average molecular weight is 324 g/mol. The number of benzene rings is 1. The number of amides is 1. The zero-order chi connectivity index (χ0) is 16.0. The lowest BCUT2D eigenvalue weighted by Crippen LogP contribution is -2.56. The number of methoxy groups -OCH3 is 1. The van der Waals surface area contributed by atoms with E-state index in [9.17, 15) is 9.59 Å². The van der Waals surface area contributed by atoms with Crippen LogP contribution in [0.3, 0.4) is 0 Å². The molecule has 0 radical (unpaired) electrons. The van der Waals surface area contributed by atoms with Crippen LogP contribution < -0.4 is 5.32 Å². The molecule has 0 heterocycles. The van der Waals surface area contributed by atoms with Crippen LogP contribution in [0.25, 0.3) is 0 Å². The fourth-order valence-electron chi connectivity index (χ4n) is 2.97. The van der Waals surface area contributed by atoms with Gasteiger partial charge in [0.1, 0.15) is 5.54 Å². The summed E-state index contributed by atoms with van der Waals surface area (Å²) in [5.74, 6) is -0.436. The van der Waals surface area contributed by atoms with E-state index in [1.165, 1.54) is 7.11 Å². The van der Waals surface area contributed by atoms with Gasteiger partial charge in [0.15, 0.2) is 0 Å². The minimum atomic E-state index is -0.829. The summed E-state index contributed by atoms with van der Waals surface area (Å²) in [5, 5.41) is 3.61. The number of rotatable bonds is 5. The van der Waals surface area contributed by atoms with E-state index in [0.29, 0.717) is 30.7 Å². The summed E-state index contributed by atoms with van der Waals surface area (Å²) in [6.45, 7) is 0. The maximum atomic E-state index is 12.2. The molecular weight excluding hydrogens is 302 g/mol. The second-order valence-corrected chi connectivity index (χ2v) is 6.25. The Labute approximate surface area is 136 Å². The minimum Gasteiger partial charge on any atom is -0.467 e. The number of hydrogen-bond acceptors (Lipinski definition) is 3. The van der Waals surface area contributed by atoms with E-state index in [-0.39, 0.29) is 11.9 Å². The van der Waals surface area contributed by atoms with Crippen molar-refractivity contribution in [3.05, 3.63) is 34.9 Å². The molecule has 0 saturated heterocycles.